The van der Waals surface area contributed by atoms with E-state index < -0.39 is 10.0 Å². The van der Waals surface area contributed by atoms with Crippen molar-refractivity contribution in [1.29, 1.82) is 0 Å². The summed E-state index contributed by atoms with van der Waals surface area (Å²) in [5.74, 6) is 0.235. The first-order chi connectivity index (χ1) is 7.83. The average Bonchev–Trinajstić information content (AvgIpc) is 2.21. The summed E-state index contributed by atoms with van der Waals surface area (Å²) in [4.78, 5) is 0. The van der Waals surface area contributed by atoms with Crippen LogP contribution in [0.2, 0.25) is 0 Å². The van der Waals surface area contributed by atoms with Crippen LogP contribution >= 0.6 is 45.2 Å². The fraction of sp³-hybridized carbons (Fsp3) is 0.636. The second-order valence-electron chi connectivity index (χ2n) is 4.21. The minimum absolute atomic E-state index is 0.235. The molecule has 0 atom stereocenters. The van der Waals surface area contributed by atoms with Crippen molar-refractivity contribution in [2.45, 2.75) is 26.2 Å². The minimum atomic E-state index is -3.08. The highest BCUT2D eigenvalue weighted by atomic mass is 127. The molecule has 1 aliphatic heterocycles. The molecular formula is C11H17I2NO2S. The van der Waals surface area contributed by atoms with Crippen LogP contribution in [0.4, 0.5) is 0 Å². The SMILES string of the molecule is C=C(I)CCCS(=O)(=O)N1CCC(I)=C(C)C1. The summed E-state index contributed by atoms with van der Waals surface area (Å²) in [7, 11) is -3.08. The number of sulfonamides is 1. The second kappa shape index (κ2) is 6.85. The Morgan fingerprint density at radius 1 is 1.53 bits per heavy atom. The van der Waals surface area contributed by atoms with E-state index in [-0.39, 0.29) is 5.75 Å². The van der Waals surface area contributed by atoms with E-state index in [4.69, 9.17) is 0 Å². The Labute approximate surface area is 131 Å². The van der Waals surface area contributed by atoms with Crippen molar-refractivity contribution in [2.24, 2.45) is 0 Å². The number of nitrogens with zero attached hydrogens (tertiary/aromatic N) is 1. The van der Waals surface area contributed by atoms with Crippen LogP contribution in [0.5, 0.6) is 0 Å². The third-order valence-corrected chi connectivity index (χ3v) is 6.60. The third kappa shape index (κ3) is 5.15. The molecule has 17 heavy (non-hydrogen) atoms. The van der Waals surface area contributed by atoms with Gasteiger partial charge in [-0.05, 0) is 84.1 Å². The first-order valence-electron chi connectivity index (χ1n) is 5.48. The summed E-state index contributed by atoms with van der Waals surface area (Å²) in [5.41, 5.74) is 1.18. The Balaban J connectivity index is 2.57. The van der Waals surface area contributed by atoms with E-state index in [9.17, 15) is 8.42 Å². The molecule has 1 aliphatic rings. The van der Waals surface area contributed by atoms with Gasteiger partial charge in [-0.3, -0.25) is 0 Å². The van der Waals surface area contributed by atoms with Crippen LogP contribution in [0.3, 0.4) is 0 Å². The molecule has 0 aromatic rings. The van der Waals surface area contributed by atoms with Crippen molar-refractivity contribution in [2.75, 3.05) is 18.8 Å². The monoisotopic (exact) mass is 481 g/mol. The molecule has 0 unspecified atom stereocenters. The largest absolute Gasteiger partial charge is 0.214 e. The standard InChI is InChI=1S/C11H17I2NO2S/c1-9-8-14(6-5-11(9)13)17(15,16)7-3-4-10(2)12/h2-8H2,1H3. The first-order valence-corrected chi connectivity index (χ1v) is 9.25. The molecular weight excluding hydrogens is 464 g/mol. The molecule has 98 valence electrons. The zero-order valence-corrected chi connectivity index (χ0v) is 15.0. The average molecular weight is 481 g/mol. The van der Waals surface area contributed by atoms with E-state index in [0.717, 1.165) is 16.4 Å². The molecule has 0 aliphatic carbocycles. The smallest absolute Gasteiger partial charge is 0.212 e. The maximum absolute atomic E-state index is 12.1. The molecule has 0 N–H and O–H groups in total. The number of hydrogen-bond acceptors (Lipinski definition) is 2. The van der Waals surface area contributed by atoms with E-state index in [0.29, 0.717) is 19.5 Å². The van der Waals surface area contributed by atoms with E-state index in [2.05, 4.69) is 51.8 Å². The van der Waals surface area contributed by atoms with Gasteiger partial charge in [-0.2, -0.15) is 4.31 Å². The molecule has 1 heterocycles. The van der Waals surface area contributed by atoms with Crippen LogP contribution in [-0.2, 0) is 10.0 Å². The topological polar surface area (TPSA) is 37.4 Å². The number of allylic oxidation sites excluding steroid dienone is 1. The quantitative estimate of drug-likeness (QED) is 0.565. The zero-order valence-electron chi connectivity index (χ0n) is 9.88. The lowest BCUT2D eigenvalue weighted by atomic mass is 10.2. The summed E-state index contributed by atoms with van der Waals surface area (Å²) in [6.07, 6.45) is 2.30. The highest BCUT2D eigenvalue weighted by Gasteiger charge is 2.25. The van der Waals surface area contributed by atoms with Crippen LogP contribution in [0, 0.1) is 0 Å². The number of rotatable bonds is 5. The molecule has 0 saturated heterocycles. The fourth-order valence-corrected chi connectivity index (χ4v) is 4.00. The molecule has 0 aromatic carbocycles. The molecule has 0 saturated carbocycles. The van der Waals surface area contributed by atoms with Gasteiger partial charge >= 0.3 is 0 Å². The summed E-state index contributed by atoms with van der Waals surface area (Å²) in [6, 6.07) is 0. The van der Waals surface area contributed by atoms with Crippen LogP contribution in [-0.4, -0.2) is 31.6 Å². The Hall–Kier alpha value is 0.850. The van der Waals surface area contributed by atoms with E-state index in [1.165, 1.54) is 9.15 Å². The summed E-state index contributed by atoms with van der Waals surface area (Å²) < 4.78 is 28.1. The van der Waals surface area contributed by atoms with Gasteiger partial charge in [0.25, 0.3) is 0 Å². The lowest BCUT2D eigenvalue weighted by Crippen LogP contribution is -2.37. The van der Waals surface area contributed by atoms with Crippen LogP contribution < -0.4 is 0 Å². The van der Waals surface area contributed by atoms with E-state index >= 15 is 0 Å². The van der Waals surface area contributed by atoms with Gasteiger partial charge in [0.1, 0.15) is 0 Å². The van der Waals surface area contributed by atoms with E-state index in [1.54, 1.807) is 4.31 Å². The zero-order chi connectivity index (χ0) is 13.1. The van der Waals surface area contributed by atoms with E-state index in [1.807, 2.05) is 6.92 Å². The third-order valence-electron chi connectivity index (χ3n) is 2.70. The van der Waals surface area contributed by atoms with Crippen LogP contribution in [0.1, 0.15) is 26.2 Å². The van der Waals surface area contributed by atoms with Gasteiger partial charge in [-0.1, -0.05) is 6.58 Å². The summed E-state index contributed by atoms with van der Waals surface area (Å²) in [6.45, 7) is 6.98. The minimum Gasteiger partial charge on any atom is -0.212 e. The molecule has 0 aromatic heterocycles. The molecule has 6 heteroatoms. The van der Waals surface area contributed by atoms with Gasteiger partial charge in [0, 0.05) is 13.1 Å². The fourth-order valence-electron chi connectivity index (χ4n) is 1.68. The Kier molecular flexibility index (Phi) is 6.41. The van der Waals surface area contributed by atoms with Crippen molar-refractivity contribution in [1.82, 2.24) is 4.31 Å². The number of halogens is 2. The lowest BCUT2D eigenvalue weighted by molar-refractivity contribution is 0.426. The highest BCUT2D eigenvalue weighted by Crippen LogP contribution is 2.25. The summed E-state index contributed by atoms with van der Waals surface area (Å²) in [5, 5.41) is 0. The number of hydrogen-bond donors (Lipinski definition) is 0. The van der Waals surface area contributed by atoms with Crippen molar-refractivity contribution >= 4 is 55.2 Å². The van der Waals surface area contributed by atoms with Gasteiger partial charge < -0.3 is 0 Å². The summed E-state index contributed by atoms with van der Waals surface area (Å²) >= 11 is 4.45. The highest BCUT2D eigenvalue weighted by molar-refractivity contribution is 14.1. The van der Waals surface area contributed by atoms with Crippen molar-refractivity contribution in [3.63, 3.8) is 0 Å². The van der Waals surface area contributed by atoms with Crippen LogP contribution in [0.25, 0.3) is 0 Å². The molecule has 0 amide bonds. The van der Waals surface area contributed by atoms with Gasteiger partial charge in [-0.25, -0.2) is 8.42 Å². The van der Waals surface area contributed by atoms with Gasteiger partial charge in [-0.15, -0.1) is 0 Å². The van der Waals surface area contributed by atoms with Crippen LogP contribution in [0.15, 0.2) is 19.3 Å². The Morgan fingerprint density at radius 3 is 2.71 bits per heavy atom. The molecule has 0 fully saturated rings. The second-order valence-corrected chi connectivity index (χ2v) is 9.12. The van der Waals surface area contributed by atoms with Crippen molar-refractivity contribution in [3.8, 4) is 0 Å². The molecule has 1 rings (SSSR count). The maximum Gasteiger partial charge on any atom is 0.214 e. The molecule has 0 bridgehead atoms. The van der Waals surface area contributed by atoms with Gasteiger partial charge in [0.15, 0.2) is 0 Å². The molecule has 3 nitrogen and oxygen atoms in total. The molecule has 0 spiro atoms. The maximum atomic E-state index is 12.1. The van der Waals surface area contributed by atoms with Crippen molar-refractivity contribution < 1.29 is 8.42 Å². The predicted octanol–water partition coefficient (Wildman–Crippen LogP) is 3.46. The normalized spacial score (nSPS) is 18.5. The molecule has 0 radical (unpaired) electrons. The lowest BCUT2D eigenvalue weighted by Gasteiger charge is -2.27. The van der Waals surface area contributed by atoms with Crippen molar-refractivity contribution in [3.05, 3.63) is 19.3 Å². The predicted molar refractivity (Wildman–Crippen MR) is 89.1 cm³/mol. The Bertz CT molecular complexity index is 429. The first kappa shape index (κ1) is 15.9. The van der Waals surface area contributed by atoms with Gasteiger partial charge in [0.2, 0.25) is 10.0 Å². The Morgan fingerprint density at radius 2 is 2.18 bits per heavy atom. The van der Waals surface area contributed by atoms with Gasteiger partial charge in [0.05, 0.1) is 5.75 Å².